The SMILES string of the molecule is CCC(CC)N(CCOC)C(CN)c1cc(F)ccc1Br. The fourth-order valence-electron chi connectivity index (χ4n) is 2.76. The zero-order chi connectivity index (χ0) is 15.8. The normalized spacial score (nSPS) is 13.1. The van der Waals surface area contributed by atoms with Gasteiger partial charge in [0, 0.05) is 36.8 Å². The Kier molecular flexibility index (Phi) is 8.41. The van der Waals surface area contributed by atoms with E-state index in [-0.39, 0.29) is 11.9 Å². The second kappa shape index (κ2) is 9.51. The van der Waals surface area contributed by atoms with Crippen LogP contribution in [0, 0.1) is 5.82 Å². The molecular weight excluding hydrogens is 335 g/mol. The smallest absolute Gasteiger partial charge is 0.123 e. The zero-order valence-corrected chi connectivity index (χ0v) is 14.7. The quantitative estimate of drug-likeness (QED) is 0.729. The van der Waals surface area contributed by atoms with E-state index in [0.29, 0.717) is 19.2 Å². The number of hydrogen-bond acceptors (Lipinski definition) is 3. The highest BCUT2D eigenvalue weighted by molar-refractivity contribution is 9.10. The Morgan fingerprint density at radius 3 is 2.52 bits per heavy atom. The summed E-state index contributed by atoms with van der Waals surface area (Å²) in [5.41, 5.74) is 6.92. The van der Waals surface area contributed by atoms with Crippen LogP contribution in [0.4, 0.5) is 4.39 Å². The Hall–Kier alpha value is -0.490. The van der Waals surface area contributed by atoms with Crippen LogP contribution in [0.2, 0.25) is 0 Å². The van der Waals surface area contributed by atoms with Gasteiger partial charge in [0.1, 0.15) is 5.82 Å². The number of rotatable bonds is 9. The fourth-order valence-corrected chi connectivity index (χ4v) is 3.27. The molecule has 0 heterocycles. The summed E-state index contributed by atoms with van der Waals surface area (Å²) in [6.45, 7) is 6.21. The third-order valence-electron chi connectivity index (χ3n) is 3.91. The molecule has 1 aromatic rings. The van der Waals surface area contributed by atoms with E-state index in [1.807, 2.05) is 0 Å². The number of halogens is 2. The van der Waals surface area contributed by atoms with Gasteiger partial charge in [-0.1, -0.05) is 29.8 Å². The lowest BCUT2D eigenvalue weighted by Crippen LogP contribution is -2.43. The average Bonchev–Trinajstić information content (AvgIpc) is 2.49. The summed E-state index contributed by atoms with van der Waals surface area (Å²) in [5, 5.41) is 0. The summed E-state index contributed by atoms with van der Waals surface area (Å²) < 4.78 is 19.7. The second-order valence-corrected chi connectivity index (χ2v) is 5.97. The van der Waals surface area contributed by atoms with Gasteiger partial charge in [-0.25, -0.2) is 4.39 Å². The van der Waals surface area contributed by atoms with E-state index < -0.39 is 0 Å². The van der Waals surface area contributed by atoms with Gasteiger partial charge in [-0.15, -0.1) is 0 Å². The first kappa shape index (κ1) is 18.6. The molecule has 5 heteroatoms. The van der Waals surface area contributed by atoms with Crippen molar-refractivity contribution in [1.82, 2.24) is 4.90 Å². The lowest BCUT2D eigenvalue weighted by Gasteiger charge is -2.37. The van der Waals surface area contributed by atoms with Crippen LogP contribution in [0.3, 0.4) is 0 Å². The van der Waals surface area contributed by atoms with Crippen LogP contribution in [0.5, 0.6) is 0 Å². The van der Waals surface area contributed by atoms with Gasteiger partial charge in [0.25, 0.3) is 0 Å². The van der Waals surface area contributed by atoms with Crippen LogP contribution in [0.25, 0.3) is 0 Å². The molecule has 0 aromatic heterocycles. The number of ether oxygens (including phenoxy) is 1. The van der Waals surface area contributed by atoms with Gasteiger partial charge >= 0.3 is 0 Å². The molecule has 2 N–H and O–H groups in total. The maximum atomic E-state index is 13.6. The minimum atomic E-state index is -0.233. The maximum Gasteiger partial charge on any atom is 0.123 e. The van der Waals surface area contributed by atoms with Gasteiger partial charge in [0.05, 0.1) is 6.61 Å². The molecule has 0 saturated carbocycles. The van der Waals surface area contributed by atoms with E-state index >= 15 is 0 Å². The summed E-state index contributed by atoms with van der Waals surface area (Å²) in [5.74, 6) is -0.233. The third kappa shape index (κ3) is 5.02. The molecule has 120 valence electrons. The topological polar surface area (TPSA) is 38.5 Å². The molecule has 0 bridgehead atoms. The van der Waals surface area contributed by atoms with Crippen molar-refractivity contribution in [3.05, 3.63) is 34.1 Å². The molecule has 21 heavy (non-hydrogen) atoms. The number of nitrogens with zero attached hydrogens (tertiary/aromatic N) is 1. The number of nitrogens with two attached hydrogens (primary N) is 1. The highest BCUT2D eigenvalue weighted by Crippen LogP contribution is 2.30. The second-order valence-electron chi connectivity index (χ2n) is 5.12. The molecule has 1 rings (SSSR count). The van der Waals surface area contributed by atoms with Gasteiger partial charge in [-0.2, -0.15) is 0 Å². The van der Waals surface area contributed by atoms with E-state index in [9.17, 15) is 4.39 Å². The Morgan fingerprint density at radius 2 is 2.00 bits per heavy atom. The van der Waals surface area contributed by atoms with Crippen molar-refractivity contribution >= 4 is 15.9 Å². The number of methoxy groups -OCH3 is 1. The summed E-state index contributed by atoms with van der Waals surface area (Å²) >= 11 is 3.52. The summed E-state index contributed by atoms with van der Waals surface area (Å²) in [4.78, 5) is 2.34. The molecule has 1 atom stereocenters. The molecule has 0 saturated heterocycles. The maximum absolute atomic E-state index is 13.6. The largest absolute Gasteiger partial charge is 0.383 e. The number of hydrogen-bond donors (Lipinski definition) is 1. The van der Waals surface area contributed by atoms with Crippen molar-refractivity contribution in [2.45, 2.75) is 38.8 Å². The summed E-state index contributed by atoms with van der Waals surface area (Å²) in [6.07, 6.45) is 2.06. The van der Waals surface area contributed by atoms with E-state index in [4.69, 9.17) is 10.5 Å². The van der Waals surface area contributed by atoms with E-state index in [1.54, 1.807) is 19.2 Å². The highest BCUT2D eigenvalue weighted by atomic mass is 79.9. The Bertz CT molecular complexity index is 427. The molecular formula is C16H26BrFN2O. The van der Waals surface area contributed by atoms with Gasteiger partial charge in [-0.05, 0) is 36.6 Å². The van der Waals surface area contributed by atoms with Crippen molar-refractivity contribution in [2.24, 2.45) is 5.73 Å². The predicted molar refractivity (Wildman–Crippen MR) is 88.8 cm³/mol. The van der Waals surface area contributed by atoms with Gasteiger partial charge in [-0.3, -0.25) is 4.90 Å². The summed E-state index contributed by atoms with van der Waals surface area (Å²) in [6, 6.07) is 5.16. The van der Waals surface area contributed by atoms with Crippen LogP contribution < -0.4 is 5.73 Å². The standard InChI is InChI=1S/C16H26BrFN2O/c1-4-13(5-2)20(8-9-21-3)16(11-19)14-10-12(18)6-7-15(14)17/h6-7,10,13,16H,4-5,8-9,11,19H2,1-3H3. The van der Waals surface area contributed by atoms with Crippen molar-refractivity contribution < 1.29 is 9.13 Å². The average molecular weight is 361 g/mol. The van der Waals surface area contributed by atoms with Crippen LogP contribution in [0.15, 0.2) is 22.7 Å². The molecule has 0 aliphatic carbocycles. The lowest BCUT2D eigenvalue weighted by atomic mass is 10.0. The van der Waals surface area contributed by atoms with Crippen molar-refractivity contribution in [3.8, 4) is 0 Å². The molecule has 0 radical (unpaired) electrons. The Labute approximate surface area is 135 Å². The minimum Gasteiger partial charge on any atom is -0.383 e. The lowest BCUT2D eigenvalue weighted by molar-refractivity contribution is 0.0813. The molecule has 0 spiro atoms. The van der Waals surface area contributed by atoms with Gasteiger partial charge < -0.3 is 10.5 Å². The molecule has 3 nitrogen and oxygen atoms in total. The molecule has 0 aliphatic heterocycles. The third-order valence-corrected chi connectivity index (χ3v) is 4.63. The molecule has 0 amide bonds. The molecule has 1 aromatic carbocycles. The van der Waals surface area contributed by atoms with Crippen molar-refractivity contribution in [2.75, 3.05) is 26.8 Å². The molecule has 0 aliphatic rings. The van der Waals surface area contributed by atoms with Crippen LogP contribution in [-0.4, -0.2) is 37.7 Å². The van der Waals surface area contributed by atoms with Gasteiger partial charge in [0.2, 0.25) is 0 Å². The first-order chi connectivity index (χ1) is 10.1. The molecule has 0 fully saturated rings. The van der Waals surface area contributed by atoms with Crippen LogP contribution in [0.1, 0.15) is 38.3 Å². The van der Waals surface area contributed by atoms with Gasteiger partial charge in [0.15, 0.2) is 0 Å². The zero-order valence-electron chi connectivity index (χ0n) is 13.1. The van der Waals surface area contributed by atoms with E-state index in [1.165, 1.54) is 6.07 Å². The highest BCUT2D eigenvalue weighted by Gasteiger charge is 2.26. The Morgan fingerprint density at radius 1 is 1.33 bits per heavy atom. The van der Waals surface area contributed by atoms with Crippen molar-refractivity contribution in [3.63, 3.8) is 0 Å². The molecule has 1 unspecified atom stereocenters. The monoisotopic (exact) mass is 360 g/mol. The van der Waals surface area contributed by atoms with Crippen molar-refractivity contribution in [1.29, 1.82) is 0 Å². The fraction of sp³-hybridized carbons (Fsp3) is 0.625. The minimum absolute atomic E-state index is 0.0184. The summed E-state index contributed by atoms with van der Waals surface area (Å²) in [7, 11) is 1.70. The van der Waals surface area contributed by atoms with E-state index in [0.717, 1.165) is 29.4 Å². The first-order valence-electron chi connectivity index (χ1n) is 7.48. The van der Waals surface area contributed by atoms with Crippen LogP contribution in [-0.2, 0) is 4.74 Å². The predicted octanol–water partition coefficient (Wildman–Crippen LogP) is 3.73. The first-order valence-corrected chi connectivity index (χ1v) is 8.27. The Balaban J connectivity index is 3.12. The number of benzene rings is 1. The van der Waals surface area contributed by atoms with E-state index in [2.05, 4.69) is 34.7 Å². The van der Waals surface area contributed by atoms with Crippen LogP contribution >= 0.6 is 15.9 Å².